The monoisotopic (exact) mass is 193 g/mol. The van der Waals surface area contributed by atoms with Gasteiger partial charge in [-0.1, -0.05) is 0 Å². The average molecular weight is 193 g/mol. The van der Waals surface area contributed by atoms with Gasteiger partial charge in [-0.05, 0) is 19.4 Å². The number of sulfone groups is 1. The highest BCUT2D eigenvalue weighted by Gasteiger charge is 2.28. The van der Waals surface area contributed by atoms with Gasteiger partial charge >= 0.3 is 0 Å². The Hall–Kier alpha value is -0.130. The predicted molar refractivity (Wildman–Crippen MR) is 46.7 cm³/mol. The Bertz CT molecular complexity index is 219. The van der Waals surface area contributed by atoms with Crippen LogP contribution in [0, 0.1) is 0 Å². The van der Waals surface area contributed by atoms with E-state index in [2.05, 4.69) is 0 Å². The molecule has 1 unspecified atom stereocenters. The molecule has 4 nitrogen and oxygen atoms in total. The molecule has 1 rings (SSSR count). The highest BCUT2D eigenvalue weighted by atomic mass is 32.2. The molecule has 0 aliphatic carbocycles. The van der Waals surface area contributed by atoms with Gasteiger partial charge in [0.25, 0.3) is 0 Å². The third-order valence-corrected chi connectivity index (χ3v) is 4.27. The molecule has 0 bridgehead atoms. The highest BCUT2D eigenvalue weighted by Crippen LogP contribution is 2.14. The number of nitrogens with two attached hydrogens (primary N) is 1. The first kappa shape index (κ1) is 9.95. The summed E-state index contributed by atoms with van der Waals surface area (Å²) in [6, 6.07) is 0. The molecule has 72 valence electrons. The van der Waals surface area contributed by atoms with E-state index in [1.807, 2.05) is 0 Å². The van der Waals surface area contributed by atoms with Gasteiger partial charge in [0.05, 0.1) is 17.6 Å². The second kappa shape index (κ2) is 4.20. The Morgan fingerprint density at radius 1 is 1.50 bits per heavy atom. The van der Waals surface area contributed by atoms with Crippen molar-refractivity contribution in [2.45, 2.75) is 18.1 Å². The van der Waals surface area contributed by atoms with Crippen LogP contribution in [0.15, 0.2) is 0 Å². The second-order valence-electron chi connectivity index (χ2n) is 2.99. The summed E-state index contributed by atoms with van der Waals surface area (Å²) < 4.78 is 27.9. The summed E-state index contributed by atoms with van der Waals surface area (Å²) in [4.78, 5) is 0. The van der Waals surface area contributed by atoms with Crippen molar-refractivity contribution in [3.05, 3.63) is 0 Å². The zero-order valence-electron chi connectivity index (χ0n) is 7.03. The largest absolute Gasteiger partial charge is 0.380 e. The van der Waals surface area contributed by atoms with Gasteiger partial charge in [0.1, 0.15) is 0 Å². The Balaban J connectivity index is 2.46. The first-order valence-corrected chi connectivity index (χ1v) is 5.88. The first-order valence-electron chi connectivity index (χ1n) is 4.16. The van der Waals surface area contributed by atoms with Crippen LogP contribution in [0.3, 0.4) is 0 Å². The number of ether oxygens (including phenoxy) is 1. The summed E-state index contributed by atoms with van der Waals surface area (Å²) in [5, 5.41) is -0.274. The summed E-state index contributed by atoms with van der Waals surface area (Å²) in [5.41, 5.74) is 5.24. The van der Waals surface area contributed by atoms with Crippen molar-refractivity contribution in [1.82, 2.24) is 0 Å². The van der Waals surface area contributed by atoms with Crippen LogP contribution >= 0.6 is 0 Å². The maximum Gasteiger partial charge on any atom is 0.155 e. The quantitative estimate of drug-likeness (QED) is 0.656. The lowest BCUT2D eigenvalue weighted by atomic mass is 10.4. The van der Waals surface area contributed by atoms with Crippen LogP contribution in [-0.4, -0.2) is 39.2 Å². The van der Waals surface area contributed by atoms with Crippen molar-refractivity contribution >= 4 is 9.84 Å². The molecule has 2 N–H and O–H groups in total. The summed E-state index contributed by atoms with van der Waals surface area (Å²) in [7, 11) is -2.93. The van der Waals surface area contributed by atoms with Gasteiger partial charge in [0.2, 0.25) is 0 Å². The fourth-order valence-corrected chi connectivity index (χ4v) is 2.91. The van der Waals surface area contributed by atoms with Crippen LogP contribution in [0.5, 0.6) is 0 Å². The van der Waals surface area contributed by atoms with E-state index >= 15 is 0 Å². The van der Waals surface area contributed by atoms with E-state index in [-0.39, 0.29) is 11.0 Å². The van der Waals surface area contributed by atoms with Gasteiger partial charge in [-0.3, -0.25) is 0 Å². The minimum atomic E-state index is -2.93. The average Bonchev–Trinajstić information content (AvgIpc) is 2.53. The normalized spacial score (nSPS) is 24.6. The molecule has 0 amide bonds. The van der Waals surface area contributed by atoms with Crippen molar-refractivity contribution in [3.63, 3.8) is 0 Å². The van der Waals surface area contributed by atoms with Crippen LogP contribution in [0.2, 0.25) is 0 Å². The molecule has 1 fully saturated rings. The lowest BCUT2D eigenvalue weighted by molar-refractivity contribution is 0.198. The van der Waals surface area contributed by atoms with Gasteiger partial charge in [-0.15, -0.1) is 0 Å². The molecule has 1 aliphatic rings. The van der Waals surface area contributed by atoms with Crippen LogP contribution in [0.1, 0.15) is 12.8 Å². The predicted octanol–water partition coefficient (Wildman–Crippen LogP) is -0.461. The van der Waals surface area contributed by atoms with Crippen LogP contribution in [0.4, 0.5) is 0 Å². The molecule has 1 heterocycles. The Kier molecular flexibility index (Phi) is 3.49. The fourth-order valence-electron chi connectivity index (χ4n) is 1.25. The van der Waals surface area contributed by atoms with E-state index in [4.69, 9.17) is 10.5 Å². The summed E-state index contributed by atoms with van der Waals surface area (Å²) in [5.74, 6) is 0.206. The maximum atomic E-state index is 11.5. The SMILES string of the molecule is NCCCS(=O)(=O)C1CCOC1. The smallest absolute Gasteiger partial charge is 0.155 e. The van der Waals surface area contributed by atoms with E-state index in [1.54, 1.807) is 0 Å². The van der Waals surface area contributed by atoms with Gasteiger partial charge in [-0.2, -0.15) is 0 Å². The molecule has 0 radical (unpaired) electrons. The summed E-state index contributed by atoms with van der Waals surface area (Å²) >= 11 is 0. The van der Waals surface area contributed by atoms with Gasteiger partial charge in [-0.25, -0.2) is 8.42 Å². The van der Waals surface area contributed by atoms with Crippen molar-refractivity contribution in [2.24, 2.45) is 5.73 Å². The van der Waals surface area contributed by atoms with E-state index in [0.717, 1.165) is 0 Å². The van der Waals surface area contributed by atoms with Crippen LogP contribution in [-0.2, 0) is 14.6 Å². The number of hydrogen-bond donors (Lipinski definition) is 1. The molecule has 0 spiro atoms. The van der Waals surface area contributed by atoms with Crippen molar-refractivity contribution in [1.29, 1.82) is 0 Å². The molecular formula is C7H15NO3S. The standard InChI is InChI=1S/C7H15NO3S/c8-3-1-5-12(9,10)7-2-4-11-6-7/h7H,1-6,8H2. The molecule has 0 saturated carbocycles. The van der Waals surface area contributed by atoms with E-state index < -0.39 is 9.84 Å². The molecule has 1 atom stereocenters. The molecule has 0 aromatic rings. The topological polar surface area (TPSA) is 69.4 Å². The summed E-state index contributed by atoms with van der Waals surface area (Å²) in [6.45, 7) is 1.38. The maximum absolute atomic E-state index is 11.5. The Morgan fingerprint density at radius 2 is 2.25 bits per heavy atom. The zero-order valence-corrected chi connectivity index (χ0v) is 7.85. The lowest BCUT2D eigenvalue weighted by Crippen LogP contribution is -2.25. The highest BCUT2D eigenvalue weighted by molar-refractivity contribution is 7.92. The number of rotatable bonds is 4. The Morgan fingerprint density at radius 3 is 2.75 bits per heavy atom. The molecule has 0 aromatic heterocycles. The van der Waals surface area contributed by atoms with Gasteiger partial charge in [0.15, 0.2) is 9.84 Å². The zero-order chi connectivity index (χ0) is 9.03. The van der Waals surface area contributed by atoms with E-state index in [0.29, 0.717) is 32.6 Å². The van der Waals surface area contributed by atoms with Crippen molar-refractivity contribution in [2.75, 3.05) is 25.5 Å². The first-order chi connectivity index (χ1) is 5.67. The third-order valence-electron chi connectivity index (χ3n) is 2.03. The molecule has 12 heavy (non-hydrogen) atoms. The minimum Gasteiger partial charge on any atom is -0.380 e. The molecular weight excluding hydrogens is 178 g/mol. The molecule has 0 aromatic carbocycles. The molecule has 5 heteroatoms. The Labute approximate surface area is 73.0 Å². The van der Waals surface area contributed by atoms with Gasteiger partial charge < -0.3 is 10.5 Å². The van der Waals surface area contributed by atoms with E-state index in [9.17, 15) is 8.42 Å². The van der Waals surface area contributed by atoms with Crippen molar-refractivity contribution in [3.8, 4) is 0 Å². The molecule has 1 aliphatic heterocycles. The number of hydrogen-bond acceptors (Lipinski definition) is 4. The van der Waals surface area contributed by atoms with Gasteiger partial charge in [0, 0.05) is 6.61 Å². The lowest BCUT2D eigenvalue weighted by Gasteiger charge is -2.08. The fraction of sp³-hybridized carbons (Fsp3) is 1.00. The van der Waals surface area contributed by atoms with Crippen LogP contribution < -0.4 is 5.73 Å². The van der Waals surface area contributed by atoms with Crippen LogP contribution in [0.25, 0.3) is 0 Å². The minimum absolute atomic E-state index is 0.206. The summed E-state index contributed by atoms with van der Waals surface area (Å²) in [6.07, 6.45) is 1.20. The van der Waals surface area contributed by atoms with E-state index in [1.165, 1.54) is 0 Å². The van der Waals surface area contributed by atoms with Crippen molar-refractivity contribution < 1.29 is 13.2 Å². The molecule has 1 saturated heterocycles. The second-order valence-corrected chi connectivity index (χ2v) is 5.40. The third kappa shape index (κ3) is 2.43.